The summed E-state index contributed by atoms with van der Waals surface area (Å²) in [5, 5.41) is 10.6. The van der Waals surface area contributed by atoms with Crippen LogP contribution in [0.1, 0.15) is 41.9 Å². The molecule has 2 aliphatic heterocycles. The minimum atomic E-state index is -0.384. The van der Waals surface area contributed by atoms with Gasteiger partial charge in [-0.1, -0.05) is 71.7 Å². The van der Waals surface area contributed by atoms with Crippen LogP contribution in [0.15, 0.2) is 72.8 Å². The Morgan fingerprint density at radius 1 is 0.946 bits per heavy atom. The minimum absolute atomic E-state index is 0.283. The Hall–Kier alpha value is -2.73. The molecular weight excluding hydrogens is 507 g/mol. The molecule has 2 fully saturated rings. The van der Waals surface area contributed by atoms with E-state index < -0.39 is 0 Å². The van der Waals surface area contributed by atoms with Gasteiger partial charge in [0.25, 0.3) is 0 Å². The number of nitrogens with zero attached hydrogens (tertiary/aromatic N) is 2. The SMILES string of the molecule is O=C1OCC(CCN2CCC(c3ccc(O)cc3)CC2)(c2ccc(Cl)c(Cl)c2)CN1Cc1ccccc1. The molecule has 0 spiro atoms. The number of cyclic esters (lactones) is 1. The summed E-state index contributed by atoms with van der Waals surface area (Å²) >= 11 is 12.7. The van der Waals surface area contributed by atoms with E-state index in [9.17, 15) is 9.90 Å². The summed E-state index contributed by atoms with van der Waals surface area (Å²) in [6.45, 7) is 4.30. The van der Waals surface area contributed by atoms with Crippen LogP contribution in [0.4, 0.5) is 4.79 Å². The highest BCUT2D eigenvalue weighted by atomic mass is 35.5. The zero-order valence-electron chi connectivity index (χ0n) is 20.8. The van der Waals surface area contributed by atoms with E-state index in [4.69, 9.17) is 27.9 Å². The standard InChI is InChI=1S/C30H32Cl2N2O3/c31-27-11-8-25(18-28(27)32)30(20-34(29(36)37-21-30)19-22-4-2-1-3-5-22)14-17-33-15-12-24(13-16-33)23-6-9-26(35)10-7-23/h1-11,18,24,35H,12-17,19-21H2. The summed E-state index contributed by atoms with van der Waals surface area (Å²) in [7, 11) is 0. The number of benzene rings is 3. The van der Waals surface area contributed by atoms with Gasteiger partial charge in [0.15, 0.2) is 0 Å². The van der Waals surface area contributed by atoms with Crippen molar-refractivity contribution in [2.24, 2.45) is 0 Å². The molecule has 3 aromatic carbocycles. The Kier molecular flexibility index (Phi) is 7.94. The van der Waals surface area contributed by atoms with Crippen molar-refractivity contribution in [2.45, 2.75) is 37.1 Å². The predicted molar refractivity (Wildman–Crippen MR) is 147 cm³/mol. The highest BCUT2D eigenvalue weighted by Crippen LogP contribution is 2.38. The van der Waals surface area contributed by atoms with E-state index in [1.54, 1.807) is 17.0 Å². The van der Waals surface area contributed by atoms with Crippen molar-refractivity contribution >= 4 is 29.3 Å². The quantitative estimate of drug-likeness (QED) is 0.357. The third-order valence-corrected chi connectivity index (χ3v) is 8.57. The highest BCUT2D eigenvalue weighted by Gasteiger charge is 2.42. The van der Waals surface area contributed by atoms with Gasteiger partial charge in [-0.15, -0.1) is 0 Å². The van der Waals surface area contributed by atoms with E-state index in [0.29, 0.717) is 41.4 Å². The monoisotopic (exact) mass is 538 g/mol. The molecule has 1 N–H and O–H groups in total. The van der Waals surface area contributed by atoms with Gasteiger partial charge in [0, 0.05) is 18.5 Å². The van der Waals surface area contributed by atoms with E-state index in [2.05, 4.69) is 4.90 Å². The number of phenols is 1. The van der Waals surface area contributed by atoms with E-state index >= 15 is 0 Å². The maximum Gasteiger partial charge on any atom is 0.410 e. The topological polar surface area (TPSA) is 53.0 Å². The molecule has 5 nitrogen and oxygen atoms in total. The first-order valence-electron chi connectivity index (χ1n) is 12.8. The number of aromatic hydroxyl groups is 1. The van der Waals surface area contributed by atoms with Gasteiger partial charge < -0.3 is 19.6 Å². The molecule has 7 heteroatoms. The van der Waals surface area contributed by atoms with Crippen LogP contribution in [0.2, 0.25) is 10.0 Å². The lowest BCUT2D eigenvalue weighted by Gasteiger charge is -2.44. The number of piperidine rings is 1. The lowest BCUT2D eigenvalue weighted by atomic mass is 9.76. The van der Waals surface area contributed by atoms with Crippen LogP contribution in [0, 0.1) is 0 Å². The molecular formula is C30H32Cl2N2O3. The van der Waals surface area contributed by atoms with Gasteiger partial charge in [-0.25, -0.2) is 4.79 Å². The van der Waals surface area contributed by atoms with Crippen molar-refractivity contribution < 1.29 is 14.6 Å². The third-order valence-electron chi connectivity index (χ3n) is 7.83. The van der Waals surface area contributed by atoms with Crippen molar-refractivity contribution in [3.05, 3.63) is 99.5 Å². The molecule has 194 valence electrons. The largest absolute Gasteiger partial charge is 0.508 e. The molecule has 1 atom stereocenters. The van der Waals surface area contributed by atoms with Crippen LogP contribution < -0.4 is 0 Å². The van der Waals surface area contributed by atoms with Crippen molar-refractivity contribution in [1.82, 2.24) is 9.80 Å². The van der Waals surface area contributed by atoms with Crippen LogP contribution in [0.25, 0.3) is 0 Å². The van der Waals surface area contributed by atoms with Crippen molar-refractivity contribution in [3.63, 3.8) is 0 Å². The lowest BCUT2D eigenvalue weighted by molar-refractivity contribution is 0.0167. The van der Waals surface area contributed by atoms with E-state index in [0.717, 1.165) is 50.0 Å². The fourth-order valence-corrected chi connectivity index (χ4v) is 5.89. The number of ether oxygens (including phenoxy) is 1. The molecule has 0 aromatic heterocycles. The first-order chi connectivity index (χ1) is 17.9. The van der Waals surface area contributed by atoms with Crippen molar-refractivity contribution in [3.8, 4) is 5.75 Å². The minimum Gasteiger partial charge on any atom is -0.508 e. The number of hydrogen-bond acceptors (Lipinski definition) is 4. The van der Waals surface area contributed by atoms with E-state index in [1.165, 1.54) is 5.56 Å². The van der Waals surface area contributed by atoms with Crippen molar-refractivity contribution in [1.29, 1.82) is 0 Å². The molecule has 0 radical (unpaired) electrons. The predicted octanol–water partition coefficient (Wildman–Crippen LogP) is 6.86. The number of carbonyl (C=O) groups excluding carboxylic acids is 1. The molecule has 0 saturated carbocycles. The van der Waals surface area contributed by atoms with Crippen LogP contribution >= 0.6 is 23.2 Å². The average molecular weight is 540 g/mol. The molecule has 37 heavy (non-hydrogen) atoms. The summed E-state index contributed by atoms with van der Waals surface area (Å²) < 4.78 is 5.80. The Morgan fingerprint density at radius 2 is 1.68 bits per heavy atom. The van der Waals surface area contributed by atoms with Crippen LogP contribution in [0.3, 0.4) is 0 Å². The fourth-order valence-electron chi connectivity index (χ4n) is 5.60. The van der Waals surface area contributed by atoms with Crippen molar-refractivity contribution in [2.75, 3.05) is 32.8 Å². The first-order valence-corrected chi connectivity index (χ1v) is 13.6. The van der Waals surface area contributed by atoms with Gasteiger partial charge in [-0.3, -0.25) is 0 Å². The first kappa shape index (κ1) is 25.9. The number of halogens is 2. The molecule has 0 aliphatic carbocycles. The van der Waals surface area contributed by atoms with Crippen LogP contribution in [0.5, 0.6) is 5.75 Å². The summed E-state index contributed by atoms with van der Waals surface area (Å²) in [4.78, 5) is 17.1. The zero-order chi connectivity index (χ0) is 25.8. The smallest absolute Gasteiger partial charge is 0.410 e. The number of carbonyl (C=O) groups is 1. The van der Waals surface area contributed by atoms with Gasteiger partial charge >= 0.3 is 6.09 Å². The average Bonchev–Trinajstić information content (AvgIpc) is 2.92. The molecule has 5 rings (SSSR count). The molecule has 1 amide bonds. The zero-order valence-corrected chi connectivity index (χ0v) is 22.3. The van der Waals surface area contributed by atoms with Gasteiger partial charge in [0.1, 0.15) is 12.4 Å². The van der Waals surface area contributed by atoms with E-state index in [1.807, 2.05) is 60.7 Å². The summed E-state index contributed by atoms with van der Waals surface area (Å²) in [5.74, 6) is 0.821. The van der Waals surface area contributed by atoms with Gasteiger partial charge in [0.05, 0.1) is 10.0 Å². The summed E-state index contributed by atoms with van der Waals surface area (Å²) in [6, 6.07) is 23.4. The number of phenolic OH excluding ortho intramolecular Hbond substituents is 1. The molecule has 3 aromatic rings. The molecule has 2 aliphatic rings. The van der Waals surface area contributed by atoms with Crippen LogP contribution in [-0.2, 0) is 16.7 Å². The summed E-state index contributed by atoms with van der Waals surface area (Å²) in [5.41, 5.74) is 3.03. The summed E-state index contributed by atoms with van der Waals surface area (Å²) in [6.07, 6.45) is 2.72. The van der Waals surface area contributed by atoms with E-state index in [-0.39, 0.29) is 11.5 Å². The molecule has 1 unspecified atom stereocenters. The third kappa shape index (κ3) is 6.06. The second-order valence-corrected chi connectivity index (χ2v) is 11.1. The Bertz CT molecular complexity index is 1210. The lowest BCUT2D eigenvalue weighted by Crippen LogP contribution is -2.53. The number of likely N-dealkylation sites (tertiary alicyclic amines) is 1. The van der Waals surface area contributed by atoms with Crippen LogP contribution in [-0.4, -0.2) is 53.8 Å². The molecule has 0 bridgehead atoms. The fraction of sp³-hybridized carbons (Fsp3) is 0.367. The molecule has 2 saturated heterocycles. The number of rotatable bonds is 7. The Morgan fingerprint density at radius 3 is 2.38 bits per heavy atom. The second-order valence-electron chi connectivity index (χ2n) is 10.3. The maximum absolute atomic E-state index is 12.8. The molecule has 2 heterocycles. The Balaban J connectivity index is 1.31. The maximum atomic E-state index is 12.8. The number of amides is 1. The Labute approximate surface area is 228 Å². The second kappa shape index (κ2) is 11.3. The van der Waals surface area contributed by atoms with Gasteiger partial charge in [-0.2, -0.15) is 0 Å². The highest BCUT2D eigenvalue weighted by molar-refractivity contribution is 6.42. The van der Waals surface area contributed by atoms with Gasteiger partial charge in [-0.05, 0) is 85.8 Å². The van der Waals surface area contributed by atoms with Gasteiger partial charge in [0.2, 0.25) is 0 Å². The number of hydrogen-bond donors (Lipinski definition) is 1. The normalized spacial score (nSPS) is 21.1.